The van der Waals surface area contributed by atoms with Gasteiger partial charge in [-0.25, -0.2) is 4.39 Å². The summed E-state index contributed by atoms with van der Waals surface area (Å²) in [5.74, 6) is -0.202. The summed E-state index contributed by atoms with van der Waals surface area (Å²) in [5, 5.41) is 13.4. The van der Waals surface area contributed by atoms with E-state index < -0.39 is 5.82 Å². The van der Waals surface area contributed by atoms with Gasteiger partial charge in [0.2, 0.25) is 0 Å². The van der Waals surface area contributed by atoms with Gasteiger partial charge in [0.05, 0.1) is 11.6 Å². The van der Waals surface area contributed by atoms with Crippen LogP contribution in [0.25, 0.3) is 0 Å². The van der Waals surface area contributed by atoms with Crippen LogP contribution < -0.4 is 10.1 Å². The SMILES string of the molecule is COc1c(Br)cc(F)c(CC2CCCCN2)c1O. The smallest absolute Gasteiger partial charge is 0.175 e. The molecule has 1 aliphatic heterocycles. The standard InChI is InChI=1S/C13H17BrFNO2/c1-18-13-10(14)7-11(15)9(12(13)17)6-8-4-2-3-5-16-8/h7-8,16-17H,2-6H2,1H3. The molecule has 1 heterocycles. The van der Waals surface area contributed by atoms with Crippen molar-refractivity contribution in [1.82, 2.24) is 5.32 Å². The maximum Gasteiger partial charge on any atom is 0.175 e. The van der Waals surface area contributed by atoms with Gasteiger partial charge in [-0.3, -0.25) is 0 Å². The summed E-state index contributed by atoms with van der Waals surface area (Å²) in [6.45, 7) is 0.959. The van der Waals surface area contributed by atoms with Crippen LogP contribution in [0.15, 0.2) is 10.5 Å². The van der Waals surface area contributed by atoms with Gasteiger partial charge in [-0.05, 0) is 47.8 Å². The lowest BCUT2D eigenvalue weighted by Crippen LogP contribution is -2.35. The van der Waals surface area contributed by atoms with E-state index in [4.69, 9.17) is 4.74 Å². The summed E-state index contributed by atoms with van der Waals surface area (Å²) in [6.07, 6.45) is 3.81. The monoisotopic (exact) mass is 317 g/mol. The highest BCUT2D eigenvalue weighted by Gasteiger charge is 2.21. The molecule has 5 heteroatoms. The predicted octanol–water partition coefficient (Wildman–Crippen LogP) is 2.99. The first kappa shape index (κ1) is 13.6. The molecule has 1 aliphatic rings. The van der Waals surface area contributed by atoms with E-state index in [1.54, 1.807) is 0 Å². The second-order valence-corrected chi connectivity index (χ2v) is 5.41. The highest BCUT2D eigenvalue weighted by Crippen LogP contribution is 2.39. The minimum absolute atomic E-state index is 0.100. The lowest BCUT2D eigenvalue weighted by molar-refractivity contribution is 0.354. The molecule has 0 radical (unpaired) electrons. The molecule has 0 saturated carbocycles. The van der Waals surface area contributed by atoms with Crippen molar-refractivity contribution >= 4 is 15.9 Å². The Morgan fingerprint density at radius 3 is 2.94 bits per heavy atom. The zero-order chi connectivity index (χ0) is 13.1. The fraction of sp³-hybridized carbons (Fsp3) is 0.538. The number of piperidine rings is 1. The number of hydrogen-bond donors (Lipinski definition) is 2. The third kappa shape index (κ3) is 2.78. The van der Waals surface area contributed by atoms with E-state index in [2.05, 4.69) is 21.2 Å². The van der Waals surface area contributed by atoms with Crippen LogP contribution in [0, 0.1) is 5.82 Å². The summed E-state index contributed by atoms with van der Waals surface area (Å²) in [6, 6.07) is 1.57. The molecule has 1 atom stereocenters. The first-order chi connectivity index (χ1) is 8.63. The van der Waals surface area contributed by atoms with Gasteiger partial charge in [-0.2, -0.15) is 0 Å². The maximum absolute atomic E-state index is 13.9. The van der Waals surface area contributed by atoms with Crippen LogP contribution in [0.2, 0.25) is 0 Å². The van der Waals surface area contributed by atoms with Crippen molar-refractivity contribution in [2.45, 2.75) is 31.7 Å². The minimum atomic E-state index is -0.396. The first-order valence-electron chi connectivity index (χ1n) is 6.10. The molecule has 0 bridgehead atoms. The van der Waals surface area contributed by atoms with E-state index in [0.717, 1.165) is 25.8 Å². The van der Waals surface area contributed by atoms with Crippen LogP contribution >= 0.6 is 15.9 Å². The molecule has 1 aromatic rings. The van der Waals surface area contributed by atoms with E-state index in [-0.39, 0.29) is 11.8 Å². The molecule has 3 nitrogen and oxygen atoms in total. The molecule has 0 spiro atoms. The van der Waals surface area contributed by atoms with Gasteiger partial charge in [0.1, 0.15) is 5.82 Å². The van der Waals surface area contributed by atoms with Crippen LogP contribution in [0.3, 0.4) is 0 Å². The molecule has 1 fully saturated rings. The van der Waals surface area contributed by atoms with E-state index in [0.29, 0.717) is 22.2 Å². The summed E-state index contributed by atoms with van der Waals surface area (Å²) in [7, 11) is 1.46. The number of ether oxygens (including phenoxy) is 1. The Labute approximate surface area is 114 Å². The van der Waals surface area contributed by atoms with E-state index in [1.165, 1.54) is 13.2 Å². The number of rotatable bonds is 3. The third-order valence-electron chi connectivity index (χ3n) is 3.33. The van der Waals surface area contributed by atoms with Gasteiger partial charge in [0, 0.05) is 11.6 Å². The maximum atomic E-state index is 13.9. The number of phenols is 1. The molecule has 100 valence electrons. The zero-order valence-electron chi connectivity index (χ0n) is 10.3. The lowest BCUT2D eigenvalue weighted by atomic mass is 9.97. The largest absolute Gasteiger partial charge is 0.504 e. The van der Waals surface area contributed by atoms with Gasteiger partial charge in [0.15, 0.2) is 11.5 Å². The van der Waals surface area contributed by atoms with Crippen LogP contribution in [0.4, 0.5) is 4.39 Å². The first-order valence-corrected chi connectivity index (χ1v) is 6.90. The fourth-order valence-corrected chi connectivity index (χ4v) is 2.91. The molecule has 1 unspecified atom stereocenters. The number of benzene rings is 1. The van der Waals surface area contributed by atoms with Crippen LogP contribution in [0.5, 0.6) is 11.5 Å². The number of phenolic OH excluding ortho intramolecular Hbond substituents is 1. The number of nitrogens with one attached hydrogen (secondary N) is 1. The van der Waals surface area contributed by atoms with Gasteiger partial charge in [-0.15, -0.1) is 0 Å². The van der Waals surface area contributed by atoms with Crippen molar-refractivity contribution in [3.8, 4) is 11.5 Å². The molecule has 1 aromatic carbocycles. The number of halogens is 2. The molecular formula is C13H17BrFNO2. The van der Waals surface area contributed by atoms with Crippen molar-refractivity contribution in [3.63, 3.8) is 0 Å². The number of methoxy groups -OCH3 is 1. The number of hydrogen-bond acceptors (Lipinski definition) is 3. The molecular weight excluding hydrogens is 301 g/mol. The van der Waals surface area contributed by atoms with Crippen molar-refractivity contribution in [1.29, 1.82) is 0 Å². The average Bonchev–Trinajstić information content (AvgIpc) is 2.36. The van der Waals surface area contributed by atoms with E-state index in [9.17, 15) is 9.50 Å². The van der Waals surface area contributed by atoms with Crippen molar-refractivity contribution in [2.24, 2.45) is 0 Å². The van der Waals surface area contributed by atoms with Gasteiger partial charge in [0.25, 0.3) is 0 Å². The summed E-state index contributed by atoms with van der Waals surface area (Å²) < 4.78 is 19.4. The van der Waals surface area contributed by atoms with E-state index in [1.807, 2.05) is 0 Å². The number of aromatic hydroxyl groups is 1. The van der Waals surface area contributed by atoms with Gasteiger partial charge in [-0.1, -0.05) is 6.42 Å². The normalized spacial score (nSPS) is 19.8. The van der Waals surface area contributed by atoms with Gasteiger partial charge < -0.3 is 15.2 Å². The van der Waals surface area contributed by atoms with Crippen molar-refractivity contribution in [2.75, 3.05) is 13.7 Å². The summed E-state index contributed by atoms with van der Waals surface area (Å²) in [4.78, 5) is 0. The topological polar surface area (TPSA) is 41.5 Å². The minimum Gasteiger partial charge on any atom is -0.504 e. The Balaban J connectivity index is 2.26. The summed E-state index contributed by atoms with van der Waals surface area (Å²) >= 11 is 3.18. The average molecular weight is 318 g/mol. The zero-order valence-corrected chi connectivity index (χ0v) is 11.9. The molecule has 18 heavy (non-hydrogen) atoms. The Bertz CT molecular complexity index is 433. The molecule has 1 saturated heterocycles. The quantitative estimate of drug-likeness (QED) is 0.900. The van der Waals surface area contributed by atoms with Gasteiger partial charge >= 0.3 is 0 Å². The van der Waals surface area contributed by atoms with Crippen LogP contribution in [0.1, 0.15) is 24.8 Å². The van der Waals surface area contributed by atoms with Crippen LogP contribution in [-0.2, 0) is 6.42 Å². The molecule has 2 N–H and O–H groups in total. The highest BCUT2D eigenvalue weighted by atomic mass is 79.9. The van der Waals surface area contributed by atoms with Crippen LogP contribution in [-0.4, -0.2) is 24.8 Å². The Morgan fingerprint density at radius 1 is 1.56 bits per heavy atom. The predicted molar refractivity (Wildman–Crippen MR) is 71.7 cm³/mol. The Morgan fingerprint density at radius 2 is 2.33 bits per heavy atom. The fourth-order valence-electron chi connectivity index (χ4n) is 2.36. The second kappa shape index (κ2) is 5.89. The Kier molecular flexibility index (Phi) is 4.45. The van der Waals surface area contributed by atoms with Crippen molar-refractivity contribution < 1.29 is 14.2 Å². The molecule has 2 rings (SSSR count). The molecule has 0 aliphatic carbocycles. The summed E-state index contributed by atoms with van der Waals surface area (Å²) in [5.41, 5.74) is 0.328. The van der Waals surface area contributed by atoms with Crippen molar-refractivity contribution in [3.05, 3.63) is 21.9 Å². The molecule has 0 aromatic heterocycles. The highest BCUT2D eigenvalue weighted by molar-refractivity contribution is 9.10. The molecule has 0 amide bonds. The lowest BCUT2D eigenvalue weighted by Gasteiger charge is -2.24. The third-order valence-corrected chi connectivity index (χ3v) is 3.92. The Hall–Kier alpha value is -0.810. The van der Waals surface area contributed by atoms with E-state index >= 15 is 0 Å². The second-order valence-electron chi connectivity index (χ2n) is 4.55.